The Bertz CT molecular complexity index is 396. The molecule has 1 atom stereocenters. The molecule has 0 bridgehead atoms. The fourth-order valence-corrected chi connectivity index (χ4v) is 2.35. The van der Waals surface area contributed by atoms with Crippen molar-refractivity contribution in [3.8, 4) is 0 Å². The number of halogens is 1. The van der Waals surface area contributed by atoms with Gasteiger partial charge in [-0.1, -0.05) is 25.5 Å². The first-order valence-corrected chi connectivity index (χ1v) is 6.50. The maximum absolute atomic E-state index is 13.5. The summed E-state index contributed by atoms with van der Waals surface area (Å²) in [5, 5.41) is 3.52. The minimum Gasteiger partial charge on any atom is -0.310 e. The van der Waals surface area contributed by atoms with Crippen LogP contribution >= 0.6 is 0 Å². The minimum absolute atomic E-state index is 0.106. The van der Waals surface area contributed by atoms with E-state index in [2.05, 4.69) is 19.2 Å². The third kappa shape index (κ3) is 2.86. The van der Waals surface area contributed by atoms with Crippen LogP contribution in [0.2, 0.25) is 0 Å². The van der Waals surface area contributed by atoms with Gasteiger partial charge < -0.3 is 5.32 Å². The van der Waals surface area contributed by atoms with Gasteiger partial charge in [-0.3, -0.25) is 0 Å². The van der Waals surface area contributed by atoms with Crippen LogP contribution in [0, 0.1) is 18.2 Å². The number of hydrogen-bond donors (Lipinski definition) is 1. The smallest absolute Gasteiger partial charge is 0.126 e. The first-order valence-electron chi connectivity index (χ1n) is 6.50. The second-order valence-corrected chi connectivity index (χ2v) is 5.78. The molecule has 2 heteroatoms. The first-order chi connectivity index (χ1) is 8.00. The summed E-state index contributed by atoms with van der Waals surface area (Å²) >= 11 is 0. The predicted molar refractivity (Wildman–Crippen MR) is 69.5 cm³/mol. The van der Waals surface area contributed by atoms with E-state index in [0.717, 1.165) is 12.1 Å². The standard InChI is InChI=1S/C15H22FN/c1-11-5-6-13(9-14(11)16)12(2)17-10-15(3)7-4-8-15/h5-6,9,12,17H,4,7-8,10H2,1-3H3. The molecule has 0 aliphatic heterocycles. The summed E-state index contributed by atoms with van der Waals surface area (Å²) < 4.78 is 13.5. The van der Waals surface area contributed by atoms with Crippen molar-refractivity contribution in [2.75, 3.05) is 6.54 Å². The summed E-state index contributed by atoms with van der Waals surface area (Å²) in [6, 6.07) is 5.74. The monoisotopic (exact) mass is 235 g/mol. The summed E-state index contributed by atoms with van der Waals surface area (Å²) in [5.41, 5.74) is 2.22. The van der Waals surface area contributed by atoms with E-state index in [1.807, 2.05) is 12.1 Å². The predicted octanol–water partition coefficient (Wildman–Crippen LogP) is 3.97. The summed E-state index contributed by atoms with van der Waals surface area (Å²) in [7, 11) is 0. The van der Waals surface area contributed by atoms with Crippen LogP contribution in [0.3, 0.4) is 0 Å². The highest BCUT2D eigenvalue weighted by molar-refractivity contribution is 5.25. The molecule has 94 valence electrons. The fourth-order valence-electron chi connectivity index (χ4n) is 2.35. The van der Waals surface area contributed by atoms with Gasteiger partial charge in [0.15, 0.2) is 0 Å². The molecule has 1 aromatic carbocycles. The number of nitrogens with one attached hydrogen (secondary N) is 1. The Morgan fingerprint density at radius 2 is 2.12 bits per heavy atom. The Labute approximate surface area is 103 Å². The number of rotatable bonds is 4. The van der Waals surface area contributed by atoms with Crippen LogP contribution in [-0.2, 0) is 0 Å². The third-order valence-electron chi connectivity index (χ3n) is 4.09. The summed E-state index contributed by atoms with van der Waals surface area (Å²) in [4.78, 5) is 0. The topological polar surface area (TPSA) is 12.0 Å². The number of aryl methyl sites for hydroxylation is 1. The average molecular weight is 235 g/mol. The van der Waals surface area contributed by atoms with E-state index >= 15 is 0 Å². The van der Waals surface area contributed by atoms with Crippen molar-refractivity contribution in [2.45, 2.75) is 46.1 Å². The fraction of sp³-hybridized carbons (Fsp3) is 0.600. The quantitative estimate of drug-likeness (QED) is 0.832. The lowest BCUT2D eigenvalue weighted by Crippen LogP contribution is -2.38. The maximum atomic E-state index is 13.5. The second kappa shape index (κ2) is 4.77. The van der Waals surface area contributed by atoms with Crippen molar-refractivity contribution >= 4 is 0 Å². The Morgan fingerprint density at radius 3 is 2.65 bits per heavy atom. The van der Waals surface area contributed by atoms with Crippen LogP contribution in [-0.4, -0.2) is 6.54 Å². The lowest BCUT2D eigenvalue weighted by atomic mass is 9.70. The van der Waals surface area contributed by atoms with Gasteiger partial charge in [-0.25, -0.2) is 4.39 Å². The van der Waals surface area contributed by atoms with Gasteiger partial charge in [-0.05, 0) is 49.3 Å². The van der Waals surface area contributed by atoms with Crippen molar-refractivity contribution in [3.05, 3.63) is 35.1 Å². The van der Waals surface area contributed by atoms with Gasteiger partial charge in [0.05, 0.1) is 0 Å². The molecule has 2 rings (SSSR count). The zero-order valence-electron chi connectivity index (χ0n) is 11.0. The SMILES string of the molecule is Cc1ccc(C(C)NCC2(C)CCC2)cc1F. The van der Waals surface area contributed by atoms with Crippen molar-refractivity contribution in [2.24, 2.45) is 5.41 Å². The molecule has 1 aliphatic carbocycles. The van der Waals surface area contributed by atoms with Crippen LogP contribution < -0.4 is 5.32 Å². The van der Waals surface area contributed by atoms with Gasteiger partial charge in [0.25, 0.3) is 0 Å². The molecule has 1 unspecified atom stereocenters. The van der Waals surface area contributed by atoms with Gasteiger partial charge in [-0.2, -0.15) is 0 Å². The minimum atomic E-state index is -0.106. The highest BCUT2D eigenvalue weighted by Crippen LogP contribution is 2.39. The van der Waals surface area contributed by atoms with E-state index in [0.29, 0.717) is 11.0 Å². The van der Waals surface area contributed by atoms with E-state index in [4.69, 9.17) is 0 Å². The van der Waals surface area contributed by atoms with E-state index in [1.54, 1.807) is 13.0 Å². The molecular weight excluding hydrogens is 213 g/mol. The van der Waals surface area contributed by atoms with Gasteiger partial charge in [-0.15, -0.1) is 0 Å². The van der Waals surface area contributed by atoms with Crippen LogP contribution in [0.25, 0.3) is 0 Å². The molecule has 0 aromatic heterocycles. The molecule has 0 radical (unpaired) electrons. The molecule has 0 spiro atoms. The Hall–Kier alpha value is -0.890. The summed E-state index contributed by atoms with van der Waals surface area (Å²) in [5.74, 6) is -0.106. The van der Waals surface area contributed by atoms with Crippen LogP contribution in [0.15, 0.2) is 18.2 Å². The lowest BCUT2D eigenvalue weighted by molar-refractivity contribution is 0.152. The largest absolute Gasteiger partial charge is 0.310 e. The molecule has 0 amide bonds. The maximum Gasteiger partial charge on any atom is 0.126 e. The van der Waals surface area contributed by atoms with Gasteiger partial charge >= 0.3 is 0 Å². The van der Waals surface area contributed by atoms with Crippen LogP contribution in [0.4, 0.5) is 4.39 Å². The third-order valence-corrected chi connectivity index (χ3v) is 4.09. The normalized spacial score (nSPS) is 19.8. The van der Waals surface area contributed by atoms with Gasteiger partial charge in [0.1, 0.15) is 5.82 Å². The molecule has 1 nitrogen and oxygen atoms in total. The number of benzene rings is 1. The van der Waals surface area contributed by atoms with Gasteiger partial charge in [0, 0.05) is 12.6 Å². The van der Waals surface area contributed by atoms with Crippen molar-refractivity contribution in [3.63, 3.8) is 0 Å². The van der Waals surface area contributed by atoms with Crippen molar-refractivity contribution in [1.29, 1.82) is 0 Å². The Kier molecular flexibility index (Phi) is 3.53. The zero-order chi connectivity index (χ0) is 12.5. The first kappa shape index (κ1) is 12.6. The number of hydrogen-bond acceptors (Lipinski definition) is 1. The molecule has 1 saturated carbocycles. The summed E-state index contributed by atoms with van der Waals surface area (Å²) in [6.45, 7) is 7.26. The van der Waals surface area contributed by atoms with E-state index < -0.39 is 0 Å². The molecule has 1 aromatic rings. The van der Waals surface area contributed by atoms with E-state index in [1.165, 1.54) is 19.3 Å². The average Bonchev–Trinajstić information content (AvgIpc) is 2.27. The zero-order valence-corrected chi connectivity index (χ0v) is 11.0. The molecule has 1 fully saturated rings. The van der Waals surface area contributed by atoms with Crippen LogP contribution in [0.5, 0.6) is 0 Å². The molecule has 1 aliphatic rings. The van der Waals surface area contributed by atoms with Gasteiger partial charge in [0.2, 0.25) is 0 Å². The molecule has 0 heterocycles. The summed E-state index contributed by atoms with van der Waals surface area (Å²) in [6.07, 6.45) is 3.98. The van der Waals surface area contributed by atoms with Crippen molar-refractivity contribution in [1.82, 2.24) is 5.32 Å². The molecule has 0 saturated heterocycles. The molecular formula is C15H22FN. The highest BCUT2D eigenvalue weighted by atomic mass is 19.1. The molecule has 17 heavy (non-hydrogen) atoms. The van der Waals surface area contributed by atoms with Crippen LogP contribution in [0.1, 0.15) is 50.3 Å². The van der Waals surface area contributed by atoms with E-state index in [9.17, 15) is 4.39 Å². The second-order valence-electron chi connectivity index (χ2n) is 5.78. The van der Waals surface area contributed by atoms with E-state index in [-0.39, 0.29) is 11.9 Å². The lowest BCUT2D eigenvalue weighted by Gasteiger charge is -2.39. The highest BCUT2D eigenvalue weighted by Gasteiger charge is 2.31. The Balaban J connectivity index is 1.94. The van der Waals surface area contributed by atoms with Crippen molar-refractivity contribution < 1.29 is 4.39 Å². The Morgan fingerprint density at radius 1 is 1.41 bits per heavy atom. The molecule has 1 N–H and O–H groups in total.